The van der Waals surface area contributed by atoms with Gasteiger partial charge in [0.05, 0.1) is 0 Å². The Labute approximate surface area is 370 Å². The molecule has 0 aliphatic rings. The van der Waals surface area contributed by atoms with E-state index in [9.17, 15) is 0 Å². The second-order valence-corrected chi connectivity index (χ2v) is 15.9. The average molecular weight is 808 g/mol. The van der Waals surface area contributed by atoms with Crippen LogP contribution in [-0.2, 0) is 16.2 Å². The van der Waals surface area contributed by atoms with Crippen LogP contribution in [0.1, 0.15) is 67.5 Å². The molecule has 0 aliphatic heterocycles. The van der Waals surface area contributed by atoms with Crippen molar-refractivity contribution in [2.24, 2.45) is 0 Å². The van der Waals surface area contributed by atoms with Crippen LogP contribution in [0.4, 0.5) is 0 Å². The fraction of sp³-hybridized carbons (Fsp3) is 0.0500. The molecule has 0 fully saturated rings. The van der Waals surface area contributed by atoms with Gasteiger partial charge in [0.1, 0.15) is 16.2 Å². The van der Waals surface area contributed by atoms with E-state index in [2.05, 4.69) is 273 Å². The average Bonchev–Trinajstić information content (AvgIpc) is 3.38. The highest BCUT2D eigenvalue weighted by Gasteiger charge is 2.49. The van der Waals surface area contributed by atoms with Crippen LogP contribution in [0.5, 0.6) is 0 Å². The van der Waals surface area contributed by atoms with Crippen molar-refractivity contribution in [2.75, 3.05) is 0 Å². The normalized spacial score (nSPS) is 11.8. The molecule has 1 heterocycles. The van der Waals surface area contributed by atoms with Gasteiger partial charge in [-0.05, 0) is 50.1 Å². The molecule has 3 nitrogen and oxygen atoms in total. The van der Waals surface area contributed by atoms with Gasteiger partial charge >= 0.3 is 0 Å². The van der Waals surface area contributed by atoms with Crippen LogP contribution in [0.25, 0.3) is 0 Å². The number of hydrogen-bond donors (Lipinski definition) is 0. The highest BCUT2D eigenvalue weighted by molar-refractivity contribution is 5.62. The summed E-state index contributed by atoms with van der Waals surface area (Å²) in [4.78, 5) is 18.0. The predicted octanol–water partition coefficient (Wildman–Crippen LogP) is 13.0. The third-order valence-electron chi connectivity index (χ3n) is 12.5. The first-order valence-corrected chi connectivity index (χ1v) is 21.5. The minimum absolute atomic E-state index is 0.616. The molecular formula is C60H45N3. The van der Waals surface area contributed by atoms with Crippen molar-refractivity contribution in [1.29, 1.82) is 0 Å². The fourth-order valence-electron chi connectivity index (χ4n) is 9.73. The summed E-state index contributed by atoms with van der Waals surface area (Å²) in [5.41, 5.74) is 6.38. The highest BCUT2D eigenvalue weighted by Crippen LogP contribution is 2.50. The molecule has 0 saturated carbocycles. The molecule has 0 amide bonds. The molecule has 10 rings (SSSR count). The maximum Gasteiger partial charge on any atom is 0.152 e. The largest absolute Gasteiger partial charge is 0.215 e. The Bertz CT molecular complexity index is 2370. The van der Waals surface area contributed by atoms with Crippen molar-refractivity contribution in [3.8, 4) is 0 Å². The van der Waals surface area contributed by atoms with Gasteiger partial charge in [-0.15, -0.1) is 0 Å². The third kappa shape index (κ3) is 6.66. The molecule has 10 aromatic rings. The number of rotatable bonds is 12. The Morgan fingerprint density at radius 2 is 0.270 bits per heavy atom. The maximum atomic E-state index is 6.01. The van der Waals surface area contributed by atoms with Crippen molar-refractivity contribution in [3.05, 3.63) is 341 Å². The molecule has 0 spiro atoms. The van der Waals surface area contributed by atoms with Gasteiger partial charge in [0, 0.05) is 0 Å². The minimum Gasteiger partial charge on any atom is -0.215 e. The Balaban J connectivity index is 1.48. The van der Waals surface area contributed by atoms with Crippen LogP contribution < -0.4 is 0 Å². The van der Waals surface area contributed by atoms with Crippen molar-refractivity contribution >= 4 is 0 Å². The summed E-state index contributed by atoms with van der Waals surface area (Å²) in [5.74, 6) is 1.85. The summed E-state index contributed by atoms with van der Waals surface area (Å²) >= 11 is 0. The lowest BCUT2D eigenvalue weighted by Crippen LogP contribution is -2.41. The van der Waals surface area contributed by atoms with Gasteiger partial charge in [-0.3, -0.25) is 0 Å². The first-order chi connectivity index (χ1) is 31.3. The van der Waals surface area contributed by atoms with Crippen LogP contribution in [0.2, 0.25) is 0 Å². The highest BCUT2D eigenvalue weighted by atomic mass is 15.1. The van der Waals surface area contributed by atoms with E-state index in [1.807, 2.05) is 0 Å². The van der Waals surface area contributed by atoms with Crippen molar-refractivity contribution < 1.29 is 0 Å². The molecule has 0 saturated heterocycles. The molecule has 3 heteroatoms. The summed E-state index contributed by atoms with van der Waals surface area (Å²) in [6.07, 6.45) is 0. The van der Waals surface area contributed by atoms with Crippen LogP contribution >= 0.6 is 0 Å². The van der Waals surface area contributed by atoms with Gasteiger partial charge in [0.25, 0.3) is 0 Å². The number of benzene rings is 9. The van der Waals surface area contributed by atoms with Crippen LogP contribution in [0.15, 0.2) is 273 Å². The summed E-state index contributed by atoms with van der Waals surface area (Å²) in [7, 11) is 0. The van der Waals surface area contributed by atoms with Crippen molar-refractivity contribution in [3.63, 3.8) is 0 Å². The van der Waals surface area contributed by atoms with E-state index in [4.69, 9.17) is 15.0 Å². The zero-order valence-corrected chi connectivity index (χ0v) is 34.8. The summed E-state index contributed by atoms with van der Waals surface area (Å²) < 4.78 is 0. The van der Waals surface area contributed by atoms with E-state index < -0.39 is 16.2 Å². The van der Waals surface area contributed by atoms with Crippen LogP contribution in [0.3, 0.4) is 0 Å². The maximum absolute atomic E-state index is 6.01. The van der Waals surface area contributed by atoms with Gasteiger partial charge < -0.3 is 0 Å². The number of nitrogens with zero attached hydrogens (tertiary/aromatic N) is 3. The van der Waals surface area contributed by atoms with E-state index in [-0.39, 0.29) is 0 Å². The van der Waals surface area contributed by atoms with Crippen LogP contribution in [-0.4, -0.2) is 15.0 Å². The Kier molecular flexibility index (Phi) is 10.7. The zero-order chi connectivity index (χ0) is 42.4. The quantitative estimate of drug-likeness (QED) is 0.115. The lowest BCUT2D eigenvalue weighted by Gasteiger charge is -2.40. The summed E-state index contributed by atoms with van der Waals surface area (Å²) in [6.45, 7) is 0. The van der Waals surface area contributed by atoms with Gasteiger partial charge in [0.2, 0.25) is 0 Å². The standard InChI is InChI=1S/C60H45N3/c1-10-28-46(29-11-1)58(47-30-12-2-13-31-47,48-32-14-3-15-33-48)55-61-56(59(49-34-16-4-17-35-49,50-36-18-5-19-37-50)51-38-20-6-21-39-51)63-57(62-55)60(52-40-22-7-23-41-52,53-42-24-8-25-43-53)54-44-26-9-27-45-54/h1-45H. The summed E-state index contributed by atoms with van der Waals surface area (Å²) in [6, 6.07) is 96.5. The molecule has 1 aromatic heterocycles. The second-order valence-electron chi connectivity index (χ2n) is 15.9. The smallest absolute Gasteiger partial charge is 0.152 e. The monoisotopic (exact) mass is 807 g/mol. The zero-order valence-electron chi connectivity index (χ0n) is 34.8. The predicted molar refractivity (Wildman–Crippen MR) is 255 cm³/mol. The Hall–Kier alpha value is -8.01. The molecule has 0 N–H and O–H groups in total. The number of hydrogen-bond acceptors (Lipinski definition) is 3. The molecule has 0 bridgehead atoms. The lowest BCUT2D eigenvalue weighted by molar-refractivity contribution is 0.569. The lowest BCUT2D eigenvalue weighted by atomic mass is 9.66. The SMILES string of the molecule is c1ccc(C(c2ccccc2)(c2ccccc2)c2nc(C(c3ccccc3)(c3ccccc3)c3ccccc3)nc(C(c3ccccc3)(c3ccccc3)c3ccccc3)n2)cc1. The van der Waals surface area contributed by atoms with E-state index in [1.54, 1.807) is 0 Å². The molecule has 0 aliphatic carbocycles. The molecule has 9 aromatic carbocycles. The first-order valence-electron chi connectivity index (χ1n) is 21.5. The first kappa shape index (κ1) is 39.1. The Morgan fingerprint density at radius 1 is 0.159 bits per heavy atom. The van der Waals surface area contributed by atoms with Gasteiger partial charge in [-0.25, -0.2) is 15.0 Å². The van der Waals surface area contributed by atoms with Gasteiger partial charge in [-0.1, -0.05) is 273 Å². The molecule has 0 atom stereocenters. The van der Waals surface area contributed by atoms with Crippen molar-refractivity contribution in [2.45, 2.75) is 16.2 Å². The second kappa shape index (κ2) is 17.2. The number of aromatic nitrogens is 3. The third-order valence-corrected chi connectivity index (χ3v) is 12.5. The van der Waals surface area contributed by atoms with E-state index in [1.165, 1.54) is 0 Å². The van der Waals surface area contributed by atoms with Gasteiger partial charge in [-0.2, -0.15) is 0 Å². The molecule has 0 radical (unpaired) electrons. The molecular weight excluding hydrogens is 763 g/mol. The van der Waals surface area contributed by atoms with Crippen molar-refractivity contribution in [1.82, 2.24) is 15.0 Å². The molecule has 300 valence electrons. The molecule has 0 unspecified atom stereocenters. The summed E-state index contributed by atoms with van der Waals surface area (Å²) in [5, 5.41) is 0. The molecule has 63 heavy (non-hydrogen) atoms. The van der Waals surface area contributed by atoms with Gasteiger partial charge in [0.15, 0.2) is 17.5 Å². The Morgan fingerprint density at radius 3 is 0.381 bits per heavy atom. The van der Waals surface area contributed by atoms with E-state index >= 15 is 0 Å². The van der Waals surface area contributed by atoms with Crippen LogP contribution in [0, 0.1) is 0 Å². The fourth-order valence-corrected chi connectivity index (χ4v) is 9.73. The minimum atomic E-state index is -0.998. The topological polar surface area (TPSA) is 38.7 Å². The van der Waals surface area contributed by atoms with E-state index in [0.717, 1.165) is 50.1 Å². The van der Waals surface area contributed by atoms with E-state index in [0.29, 0.717) is 17.5 Å².